The number of hydrogen-bond donors (Lipinski definition) is 0. The molecule has 10 heteroatoms. The molecule has 136 valence electrons. The van der Waals surface area contributed by atoms with Crippen molar-refractivity contribution in [2.45, 2.75) is 20.4 Å². The molecule has 3 aromatic rings. The van der Waals surface area contributed by atoms with Crippen LogP contribution in [0.5, 0.6) is 0 Å². The summed E-state index contributed by atoms with van der Waals surface area (Å²) in [4.78, 5) is 42.0. The smallest absolute Gasteiger partial charge is 0.359 e. The first-order valence-corrected chi connectivity index (χ1v) is 7.98. The molecule has 0 saturated carbocycles. The molecular weight excluding hydrogens is 354 g/mol. The SMILES string of the molecule is Cc1cc(Cn2nnc(C(=O)ON3C(=O)c4ccccc4C3=O)c2C)on1. The summed E-state index contributed by atoms with van der Waals surface area (Å²) in [6.45, 7) is 3.62. The van der Waals surface area contributed by atoms with Crippen LogP contribution in [0.1, 0.15) is 48.4 Å². The second-order valence-electron chi connectivity index (χ2n) is 5.94. The zero-order chi connectivity index (χ0) is 19.1. The Hall–Kier alpha value is -3.82. The lowest BCUT2D eigenvalue weighted by atomic mass is 10.1. The van der Waals surface area contributed by atoms with Gasteiger partial charge in [-0.2, -0.15) is 0 Å². The van der Waals surface area contributed by atoms with E-state index in [2.05, 4.69) is 15.5 Å². The third-order valence-electron chi connectivity index (χ3n) is 4.09. The standard InChI is InChI=1S/C17H13N5O5/c1-9-7-11(26-19-9)8-21-10(2)14(18-20-21)17(25)27-22-15(23)12-5-3-4-6-13(12)16(22)24/h3-7H,8H2,1-2H3. The van der Waals surface area contributed by atoms with Gasteiger partial charge in [-0.15, -0.1) is 5.10 Å². The van der Waals surface area contributed by atoms with Crippen LogP contribution in [0.25, 0.3) is 0 Å². The lowest BCUT2D eigenvalue weighted by Gasteiger charge is -2.11. The Labute approximate surface area is 152 Å². The van der Waals surface area contributed by atoms with E-state index in [0.29, 0.717) is 22.2 Å². The largest absolute Gasteiger partial charge is 0.385 e. The van der Waals surface area contributed by atoms with Gasteiger partial charge >= 0.3 is 5.97 Å². The molecule has 0 aliphatic carbocycles. The molecule has 1 aliphatic rings. The van der Waals surface area contributed by atoms with E-state index in [9.17, 15) is 14.4 Å². The minimum absolute atomic E-state index is 0.109. The molecule has 2 amide bonds. The fourth-order valence-electron chi connectivity index (χ4n) is 2.71. The Kier molecular flexibility index (Phi) is 3.80. The number of fused-ring (bicyclic) bond motifs is 1. The first kappa shape index (κ1) is 16.6. The van der Waals surface area contributed by atoms with Crippen LogP contribution in [-0.2, 0) is 11.4 Å². The van der Waals surface area contributed by atoms with Gasteiger partial charge in [-0.1, -0.05) is 27.6 Å². The number of hydroxylamine groups is 2. The number of carbonyl (C=O) groups excluding carboxylic acids is 3. The molecule has 0 N–H and O–H groups in total. The Morgan fingerprint density at radius 1 is 1.15 bits per heavy atom. The molecule has 0 radical (unpaired) electrons. The van der Waals surface area contributed by atoms with Gasteiger partial charge in [-0.25, -0.2) is 9.48 Å². The maximum atomic E-state index is 12.4. The molecular formula is C17H13N5O5. The fourth-order valence-corrected chi connectivity index (χ4v) is 2.71. The summed E-state index contributed by atoms with van der Waals surface area (Å²) in [7, 11) is 0. The van der Waals surface area contributed by atoms with Crippen molar-refractivity contribution in [2.24, 2.45) is 0 Å². The van der Waals surface area contributed by atoms with Gasteiger partial charge in [-0.3, -0.25) is 9.59 Å². The monoisotopic (exact) mass is 367 g/mol. The van der Waals surface area contributed by atoms with Crippen LogP contribution in [0.4, 0.5) is 0 Å². The number of imide groups is 1. The maximum Gasteiger partial charge on any atom is 0.385 e. The van der Waals surface area contributed by atoms with E-state index in [4.69, 9.17) is 9.36 Å². The number of hydrogen-bond acceptors (Lipinski definition) is 8. The minimum Gasteiger partial charge on any atom is -0.359 e. The topological polar surface area (TPSA) is 120 Å². The van der Waals surface area contributed by atoms with E-state index in [1.807, 2.05) is 0 Å². The fraction of sp³-hybridized carbons (Fsp3) is 0.176. The summed E-state index contributed by atoms with van der Waals surface area (Å²) in [5.74, 6) is -1.82. The Morgan fingerprint density at radius 2 is 1.81 bits per heavy atom. The highest BCUT2D eigenvalue weighted by molar-refractivity contribution is 6.21. The van der Waals surface area contributed by atoms with E-state index in [1.54, 1.807) is 32.0 Å². The van der Waals surface area contributed by atoms with E-state index in [-0.39, 0.29) is 23.4 Å². The molecule has 0 atom stereocenters. The normalized spacial score (nSPS) is 13.2. The average Bonchev–Trinajstić information content (AvgIpc) is 3.30. The van der Waals surface area contributed by atoms with Crippen LogP contribution in [0.3, 0.4) is 0 Å². The van der Waals surface area contributed by atoms with Gasteiger partial charge in [0.15, 0.2) is 11.5 Å². The molecule has 1 aliphatic heterocycles. The summed E-state index contributed by atoms with van der Waals surface area (Å²) < 4.78 is 6.54. The van der Waals surface area contributed by atoms with Crippen molar-refractivity contribution in [2.75, 3.05) is 0 Å². The summed E-state index contributed by atoms with van der Waals surface area (Å²) in [6.07, 6.45) is 0. The number of aryl methyl sites for hydroxylation is 1. The minimum atomic E-state index is -0.956. The summed E-state index contributed by atoms with van der Waals surface area (Å²) in [5, 5.41) is 11.9. The van der Waals surface area contributed by atoms with Gasteiger partial charge in [0.2, 0.25) is 0 Å². The zero-order valence-electron chi connectivity index (χ0n) is 14.4. The highest BCUT2D eigenvalue weighted by atomic mass is 16.7. The van der Waals surface area contributed by atoms with E-state index in [0.717, 1.165) is 0 Å². The van der Waals surface area contributed by atoms with Crippen LogP contribution >= 0.6 is 0 Å². The van der Waals surface area contributed by atoms with Crippen LogP contribution < -0.4 is 0 Å². The molecule has 0 spiro atoms. The number of nitrogens with zero attached hydrogens (tertiary/aromatic N) is 5. The molecule has 0 bridgehead atoms. The van der Waals surface area contributed by atoms with Crippen molar-refractivity contribution < 1.29 is 23.7 Å². The maximum absolute atomic E-state index is 12.4. The van der Waals surface area contributed by atoms with Crippen molar-refractivity contribution in [3.8, 4) is 0 Å². The van der Waals surface area contributed by atoms with Gasteiger partial charge in [-0.05, 0) is 26.0 Å². The lowest BCUT2D eigenvalue weighted by Crippen LogP contribution is -2.33. The summed E-state index contributed by atoms with van der Waals surface area (Å²) in [6, 6.07) is 7.96. The number of rotatable bonds is 4. The van der Waals surface area contributed by atoms with Crippen LogP contribution in [0, 0.1) is 13.8 Å². The van der Waals surface area contributed by atoms with Gasteiger partial charge < -0.3 is 9.36 Å². The van der Waals surface area contributed by atoms with Gasteiger partial charge in [0.25, 0.3) is 11.8 Å². The molecule has 27 heavy (non-hydrogen) atoms. The molecule has 3 heterocycles. The highest BCUT2D eigenvalue weighted by Gasteiger charge is 2.39. The third-order valence-corrected chi connectivity index (χ3v) is 4.09. The summed E-state index contributed by atoms with van der Waals surface area (Å²) >= 11 is 0. The highest BCUT2D eigenvalue weighted by Crippen LogP contribution is 2.23. The van der Waals surface area contributed by atoms with E-state index >= 15 is 0 Å². The van der Waals surface area contributed by atoms with Crippen LogP contribution in [-0.4, -0.2) is 43.0 Å². The van der Waals surface area contributed by atoms with Gasteiger partial charge in [0.05, 0.1) is 22.5 Å². The number of aromatic nitrogens is 4. The zero-order valence-corrected chi connectivity index (χ0v) is 14.4. The Morgan fingerprint density at radius 3 is 2.41 bits per heavy atom. The number of benzene rings is 1. The van der Waals surface area contributed by atoms with Gasteiger partial charge in [0.1, 0.15) is 6.54 Å². The molecule has 1 aromatic carbocycles. The van der Waals surface area contributed by atoms with E-state index < -0.39 is 17.8 Å². The van der Waals surface area contributed by atoms with Crippen molar-refractivity contribution in [3.05, 3.63) is 64.3 Å². The predicted octanol–water partition coefficient (Wildman–Crippen LogP) is 1.30. The van der Waals surface area contributed by atoms with Crippen molar-refractivity contribution in [1.82, 2.24) is 25.2 Å². The Balaban J connectivity index is 1.53. The third kappa shape index (κ3) is 2.76. The second kappa shape index (κ2) is 6.16. The molecule has 0 saturated heterocycles. The first-order chi connectivity index (χ1) is 13.0. The van der Waals surface area contributed by atoms with Crippen molar-refractivity contribution in [3.63, 3.8) is 0 Å². The number of carbonyl (C=O) groups is 3. The summed E-state index contributed by atoms with van der Waals surface area (Å²) in [5.41, 5.74) is 1.36. The average molecular weight is 367 g/mol. The number of amides is 2. The predicted molar refractivity (Wildman–Crippen MR) is 87.5 cm³/mol. The molecule has 0 unspecified atom stereocenters. The van der Waals surface area contributed by atoms with Crippen LogP contribution in [0.2, 0.25) is 0 Å². The lowest BCUT2D eigenvalue weighted by molar-refractivity contribution is -0.0589. The van der Waals surface area contributed by atoms with Crippen molar-refractivity contribution >= 4 is 17.8 Å². The second-order valence-corrected chi connectivity index (χ2v) is 5.94. The quantitative estimate of drug-likeness (QED) is 0.633. The molecule has 0 fully saturated rings. The van der Waals surface area contributed by atoms with Gasteiger partial charge in [0, 0.05) is 6.07 Å². The van der Waals surface area contributed by atoms with Crippen LogP contribution in [0.15, 0.2) is 34.9 Å². The Bertz CT molecular complexity index is 1050. The molecule has 4 rings (SSSR count). The van der Waals surface area contributed by atoms with Crippen molar-refractivity contribution in [1.29, 1.82) is 0 Å². The molecule has 2 aromatic heterocycles. The molecule has 10 nitrogen and oxygen atoms in total. The van der Waals surface area contributed by atoms with E-state index in [1.165, 1.54) is 16.8 Å². The first-order valence-electron chi connectivity index (χ1n) is 7.98.